The van der Waals surface area contributed by atoms with Crippen LogP contribution in [0.4, 0.5) is 0 Å². The molecule has 0 amide bonds. The third kappa shape index (κ3) is 2.05. The number of pyridine rings is 1. The van der Waals surface area contributed by atoms with E-state index in [2.05, 4.69) is 19.6 Å². The molecule has 0 aromatic carbocycles. The van der Waals surface area contributed by atoms with E-state index in [0.29, 0.717) is 0 Å². The Morgan fingerprint density at radius 1 is 1.36 bits per heavy atom. The van der Waals surface area contributed by atoms with Crippen LogP contribution in [0.3, 0.4) is 0 Å². The minimum atomic E-state index is -1.29. The van der Waals surface area contributed by atoms with Gasteiger partial charge in [0.25, 0.3) is 0 Å². The molecule has 3 heteroatoms. The number of rotatable bonds is 1. The van der Waals surface area contributed by atoms with Gasteiger partial charge in [-0.15, -0.1) is 0 Å². The highest BCUT2D eigenvalue weighted by atomic mass is 28.3. The van der Waals surface area contributed by atoms with Gasteiger partial charge < -0.3 is 5.21 Å². The zero-order valence-electron chi connectivity index (χ0n) is 7.16. The van der Waals surface area contributed by atoms with Gasteiger partial charge in [0.05, 0.1) is 8.07 Å². The van der Waals surface area contributed by atoms with E-state index >= 15 is 0 Å². The predicted octanol–water partition coefficient (Wildman–Crippen LogP) is 0.865. The molecular weight excluding hydrogens is 154 g/mol. The molecule has 0 radical (unpaired) electrons. The molecule has 0 saturated carbocycles. The first kappa shape index (κ1) is 8.27. The molecule has 0 aliphatic heterocycles. The van der Waals surface area contributed by atoms with Crippen LogP contribution in [0.2, 0.25) is 19.6 Å². The smallest absolute Gasteiger partial charge is 0.180 e. The minimum Gasteiger partial charge on any atom is -0.619 e. The van der Waals surface area contributed by atoms with E-state index in [4.69, 9.17) is 0 Å². The zero-order valence-corrected chi connectivity index (χ0v) is 8.16. The monoisotopic (exact) mass is 167 g/mol. The fourth-order valence-electron chi connectivity index (χ4n) is 0.898. The molecule has 0 N–H and O–H groups in total. The Morgan fingerprint density at radius 2 is 2.00 bits per heavy atom. The van der Waals surface area contributed by atoms with Gasteiger partial charge in [0.1, 0.15) is 0 Å². The predicted molar refractivity (Wildman–Crippen MR) is 48.4 cm³/mol. The molecule has 1 rings (SSSR count). The van der Waals surface area contributed by atoms with E-state index in [1.807, 2.05) is 6.07 Å². The van der Waals surface area contributed by atoms with E-state index < -0.39 is 8.07 Å². The van der Waals surface area contributed by atoms with Gasteiger partial charge >= 0.3 is 0 Å². The average Bonchev–Trinajstić information content (AvgIpc) is 1.86. The summed E-state index contributed by atoms with van der Waals surface area (Å²) in [6, 6.07) is 3.83. The Bertz CT molecular complexity index is 255. The summed E-state index contributed by atoms with van der Waals surface area (Å²) in [6.45, 7) is 6.67. The van der Waals surface area contributed by atoms with Crippen LogP contribution >= 0.6 is 0 Å². The second-order valence-electron chi connectivity index (χ2n) is 3.70. The van der Waals surface area contributed by atoms with Crippen LogP contribution in [0.1, 0.15) is 0 Å². The van der Waals surface area contributed by atoms with Crippen molar-refractivity contribution in [3.63, 3.8) is 0 Å². The lowest BCUT2D eigenvalue weighted by Crippen LogP contribution is -2.43. The molecule has 0 unspecified atom stereocenters. The van der Waals surface area contributed by atoms with Crippen molar-refractivity contribution in [1.82, 2.24) is 0 Å². The van der Waals surface area contributed by atoms with Crippen molar-refractivity contribution in [3.05, 3.63) is 29.7 Å². The summed E-state index contributed by atoms with van der Waals surface area (Å²) < 4.78 is 0.869. The SMILES string of the molecule is C[Si](C)(C)c1ccc[n+]([O-])c1. The van der Waals surface area contributed by atoms with Gasteiger partial charge in [0, 0.05) is 11.3 Å². The molecule has 0 bridgehead atoms. The summed E-state index contributed by atoms with van der Waals surface area (Å²) in [5.74, 6) is 0. The van der Waals surface area contributed by atoms with Crippen LogP contribution in [0.15, 0.2) is 24.5 Å². The molecule has 1 heterocycles. The zero-order chi connectivity index (χ0) is 8.48. The van der Waals surface area contributed by atoms with Crippen LogP contribution in [0, 0.1) is 5.21 Å². The van der Waals surface area contributed by atoms with Crippen LogP contribution in [0.25, 0.3) is 0 Å². The van der Waals surface area contributed by atoms with Gasteiger partial charge in [0.15, 0.2) is 12.4 Å². The molecule has 0 fully saturated rings. The molecule has 0 saturated heterocycles. The van der Waals surface area contributed by atoms with Crippen molar-refractivity contribution >= 4 is 13.3 Å². The highest BCUT2D eigenvalue weighted by Gasteiger charge is 2.18. The van der Waals surface area contributed by atoms with Crippen molar-refractivity contribution in [2.45, 2.75) is 19.6 Å². The maximum Gasteiger partial charge on any atom is 0.180 e. The first-order valence-electron chi connectivity index (χ1n) is 3.69. The van der Waals surface area contributed by atoms with Crippen molar-refractivity contribution < 1.29 is 4.73 Å². The second kappa shape index (κ2) is 2.66. The topological polar surface area (TPSA) is 26.9 Å². The molecule has 0 aliphatic rings. The third-order valence-corrected chi connectivity index (χ3v) is 3.67. The van der Waals surface area contributed by atoms with E-state index in [1.54, 1.807) is 12.3 Å². The first-order valence-corrected chi connectivity index (χ1v) is 7.19. The van der Waals surface area contributed by atoms with Crippen molar-refractivity contribution in [1.29, 1.82) is 0 Å². The molecule has 11 heavy (non-hydrogen) atoms. The second-order valence-corrected chi connectivity index (χ2v) is 8.78. The van der Waals surface area contributed by atoms with Crippen molar-refractivity contribution in [2.75, 3.05) is 0 Å². The average molecular weight is 167 g/mol. The molecule has 60 valence electrons. The van der Waals surface area contributed by atoms with Gasteiger partial charge in [-0.2, -0.15) is 4.73 Å². The number of aromatic nitrogens is 1. The summed E-state index contributed by atoms with van der Waals surface area (Å²) in [6.07, 6.45) is 3.19. The number of nitrogens with zero attached hydrogens (tertiary/aromatic N) is 1. The number of hydrogen-bond donors (Lipinski definition) is 0. The fourth-order valence-corrected chi connectivity index (χ4v) is 2.01. The van der Waals surface area contributed by atoms with Gasteiger partial charge in [-0.05, 0) is 0 Å². The van der Waals surface area contributed by atoms with Crippen molar-refractivity contribution in [3.8, 4) is 0 Å². The Kier molecular flexibility index (Phi) is 2.00. The van der Waals surface area contributed by atoms with E-state index in [9.17, 15) is 5.21 Å². The van der Waals surface area contributed by atoms with Gasteiger partial charge in [0.2, 0.25) is 0 Å². The molecule has 0 aliphatic carbocycles. The van der Waals surface area contributed by atoms with Gasteiger partial charge in [-0.3, -0.25) is 0 Å². The van der Waals surface area contributed by atoms with Crippen LogP contribution in [0.5, 0.6) is 0 Å². The van der Waals surface area contributed by atoms with E-state index in [0.717, 1.165) is 4.73 Å². The third-order valence-electron chi connectivity index (χ3n) is 1.64. The van der Waals surface area contributed by atoms with Gasteiger partial charge in [-0.1, -0.05) is 25.7 Å². The van der Waals surface area contributed by atoms with Crippen molar-refractivity contribution in [2.24, 2.45) is 0 Å². The summed E-state index contributed by atoms with van der Waals surface area (Å²) in [5.41, 5.74) is 0. The lowest BCUT2D eigenvalue weighted by atomic mass is 10.5. The Morgan fingerprint density at radius 3 is 2.36 bits per heavy atom. The molecule has 1 aromatic rings. The highest BCUT2D eigenvalue weighted by Crippen LogP contribution is 1.98. The quantitative estimate of drug-likeness (QED) is 0.346. The normalized spacial score (nSPS) is 11.5. The summed E-state index contributed by atoms with van der Waals surface area (Å²) in [4.78, 5) is 0. The van der Waals surface area contributed by atoms with Crippen LogP contribution < -0.4 is 9.92 Å². The Hall–Kier alpha value is -0.833. The standard InChI is InChI=1S/C8H13NOSi/c1-11(2,3)8-5-4-6-9(10)7-8/h4-7H,1-3H3. The van der Waals surface area contributed by atoms with Crippen LogP contribution in [-0.4, -0.2) is 8.07 Å². The Labute approximate surface area is 68.1 Å². The van der Waals surface area contributed by atoms with Gasteiger partial charge in [-0.25, -0.2) is 0 Å². The lowest BCUT2D eigenvalue weighted by Gasteiger charge is -2.14. The molecular formula is C8H13NOSi. The number of hydrogen-bond acceptors (Lipinski definition) is 1. The summed E-state index contributed by atoms with van der Waals surface area (Å²) >= 11 is 0. The Balaban J connectivity index is 3.06. The molecule has 1 aromatic heterocycles. The summed E-state index contributed by atoms with van der Waals surface area (Å²) in [5, 5.41) is 12.1. The minimum absolute atomic E-state index is 0.869. The molecule has 0 atom stereocenters. The largest absolute Gasteiger partial charge is 0.619 e. The van der Waals surface area contributed by atoms with Crippen LogP contribution in [-0.2, 0) is 0 Å². The maximum atomic E-state index is 10.9. The fraction of sp³-hybridized carbons (Fsp3) is 0.375. The lowest BCUT2D eigenvalue weighted by molar-refractivity contribution is -0.604. The molecule has 2 nitrogen and oxygen atoms in total. The first-order chi connectivity index (χ1) is 5.00. The highest BCUT2D eigenvalue weighted by molar-refractivity contribution is 6.88. The maximum absolute atomic E-state index is 10.9. The molecule has 0 spiro atoms. The van der Waals surface area contributed by atoms with E-state index in [1.165, 1.54) is 11.4 Å². The van der Waals surface area contributed by atoms with E-state index in [-0.39, 0.29) is 0 Å². The summed E-state index contributed by atoms with van der Waals surface area (Å²) in [7, 11) is -1.29.